The standard InChI is InChI=1S/C10H14N5O8P.C5H11NO.CH4/c11-10-13-7-4(8(18)14-10)12-2-15(7)9-6(17)5(16)3(23-9)1-22-24(19,20)21;1-5(7)3-2-4-6;/h2-3,5-6,9,16-17H,1H2,(H2,19,20,21)(H3,11,13,14,18);2-4,6H2,1H3;1H4. The maximum Gasteiger partial charge on any atom is 0.469 e. The summed E-state index contributed by atoms with van der Waals surface area (Å²) in [5, 5.41) is 20.1. The number of nitrogens with two attached hydrogens (primary N) is 2. The third-order valence-corrected chi connectivity index (χ3v) is 4.69. The Morgan fingerprint density at radius 2 is 2.03 bits per heavy atom. The van der Waals surface area contributed by atoms with E-state index in [4.69, 9.17) is 26.0 Å². The van der Waals surface area contributed by atoms with Crippen LogP contribution in [-0.4, -0.2) is 76.8 Å². The van der Waals surface area contributed by atoms with E-state index < -0.39 is 44.5 Å². The number of fused-ring (bicyclic) bond motifs is 1. The van der Waals surface area contributed by atoms with E-state index in [2.05, 4.69) is 19.5 Å². The van der Waals surface area contributed by atoms with Crippen molar-refractivity contribution < 1.29 is 38.6 Å². The number of carbonyl (C=O) groups is 1. The zero-order valence-electron chi connectivity index (χ0n) is 16.5. The van der Waals surface area contributed by atoms with Gasteiger partial charge in [-0.05, 0) is 19.9 Å². The highest BCUT2D eigenvalue weighted by molar-refractivity contribution is 7.46. The van der Waals surface area contributed by atoms with Crippen molar-refractivity contribution in [3.63, 3.8) is 0 Å². The minimum atomic E-state index is -4.76. The van der Waals surface area contributed by atoms with Gasteiger partial charge in [-0.2, -0.15) is 4.98 Å². The van der Waals surface area contributed by atoms with Crippen molar-refractivity contribution in [1.29, 1.82) is 0 Å². The van der Waals surface area contributed by atoms with Gasteiger partial charge in [0.15, 0.2) is 17.4 Å². The number of nitrogen functional groups attached to an aromatic ring is 1. The molecule has 3 rings (SSSR count). The summed E-state index contributed by atoms with van der Waals surface area (Å²) < 4.78 is 21.6. The summed E-state index contributed by atoms with van der Waals surface area (Å²) in [6, 6.07) is 0. The number of ketones is 1. The number of Topliss-reactive ketones (excluding diaryl/α,β-unsaturated/α-hetero) is 1. The fourth-order valence-corrected chi connectivity index (χ4v) is 3.09. The minimum Gasteiger partial charge on any atom is -0.387 e. The van der Waals surface area contributed by atoms with E-state index >= 15 is 0 Å². The molecule has 4 unspecified atom stereocenters. The van der Waals surface area contributed by atoms with E-state index in [0.717, 1.165) is 6.42 Å². The number of aromatic amines is 1. The quantitative estimate of drug-likeness (QED) is 0.220. The second kappa shape index (κ2) is 11.6. The maximum atomic E-state index is 11.7. The van der Waals surface area contributed by atoms with Crippen LogP contribution in [-0.2, 0) is 18.6 Å². The molecule has 1 aliphatic rings. The molecule has 0 amide bonds. The number of ether oxygens (including phenoxy) is 1. The van der Waals surface area contributed by atoms with Crippen LogP contribution in [0.1, 0.15) is 33.4 Å². The van der Waals surface area contributed by atoms with Crippen LogP contribution in [0.25, 0.3) is 11.2 Å². The molecular weight excluding hydrogens is 451 g/mol. The third kappa shape index (κ3) is 7.15. The van der Waals surface area contributed by atoms with Crippen LogP contribution >= 0.6 is 7.82 Å². The molecule has 0 aromatic carbocycles. The average Bonchev–Trinajstić information content (AvgIpc) is 3.20. The molecule has 0 radical (unpaired) electrons. The Kier molecular flexibility index (Phi) is 10.1. The monoisotopic (exact) mass is 480 g/mol. The number of nitrogens with one attached hydrogen (secondary N) is 1. The van der Waals surface area contributed by atoms with Gasteiger partial charge in [0.25, 0.3) is 5.56 Å². The number of nitrogens with zero attached hydrogens (tertiary/aromatic N) is 3. The van der Waals surface area contributed by atoms with Gasteiger partial charge in [-0.25, -0.2) is 9.55 Å². The Morgan fingerprint density at radius 1 is 1.38 bits per heavy atom. The summed E-state index contributed by atoms with van der Waals surface area (Å²) in [5.74, 6) is 0.0501. The number of aliphatic hydroxyl groups excluding tert-OH is 2. The van der Waals surface area contributed by atoms with E-state index in [1.54, 1.807) is 6.92 Å². The lowest BCUT2D eigenvalue weighted by Crippen LogP contribution is -2.33. The fraction of sp³-hybridized carbons (Fsp3) is 0.625. The Labute approximate surface area is 182 Å². The summed E-state index contributed by atoms with van der Waals surface area (Å²) in [7, 11) is -4.76. The number of phosphoric ester groups is 1. The van der Waals surface area contributed by atoms with Crippen molar-refractivity contribution in [2.45, 2.75) is 51.7 Å². The molecule has 3 heterocycles. The molecular formula is C16H29N6O9P. The van der Waals surface area contributed by atoms with E-state index in [1.165, 1.54) is 10.9 Å². The summed E-state index contributed by atoms with van der Waals surface area (Å²) in [4.78, 5) is 49.3. The van der Waals surface area contributed by atoms with Crippen LogP contribution in [0.4, 0.5) is 5.95 Å². The summed E-state index contributed by atoms with van der Waals surface area (Å²) in [6.45, 7) is 1.55. The molecule has 4 atom stereocenters. The number of rotatable bonds is 7. The lowest BCUT2D eigenvalue weighted by Gasteiger charge is -2.16. The van der Waals surface area contributed by atoms with Crippen LogP contribution in [0.3, 0.4) is 0 Å². The van der Waals surface area contributed by atoms with Crippen molar-refractivity contribution >= 4 is 30.7 Å². The zero-order valence-corrected chi connectivity index (χ0v) is 17.4. The second-order valence-electron chi connectivity index (χ2n) is 6.70. The van der Waals surface area contributed by atoms with E-state index in [1.807, 2.05) is 0 Å². The van der Waals surface area contributed by atoms with Crippen molar-refractivity contribution in [3.8, 4) is 0 Å². The van der Waals surface area contributed by atoms with Gasteiger partial charge in [-0.15, -0.1) is 0 Å². The van der Waals surface area contributed by atoms with Crippen LogP contribution in [0.2, 0.25) is 0 Å². The number of phosphoric acid groups is 1. The Balaban J connectivity index is 0.000000558. The number of hydrogen-bond acceptors (Lipinski definition) is 11. The topological polar surface area (TPSA) is 249 Å². The van der Waals surface area contributed by atoms with Gasteiger partial charge >= 0.3 is 7.82 Å². The molecule has 2 aromatic rings. The number of carbonyl (C=O) groups excluding carboxylic acids is 1. The molecule has 9 N–H and O–H groups in total. The van der Waals surface area contributed by atoms with E-state index in [9.17, 15) is 24.4 Å². The lowest BCUT2D eigenvalue weighted by molar-refractivity contribution is -0.117. The van der Waals surface area contributed by atoms with Gasteiger partial charge < -0.3 is 41.0 Å². The first-order valence-corrected chi connectivity index (χ1v) is 10.6. The molecule has 0 bridgehead atoms. The lowest BCUT2D eigenvalue weighted by atomic mass is 10.1. The predicted molar refractivity (Wildman–Crippen MR) is 112 cm³/mol. The number of aromatic nitrogens is 4. The molecule has 0 saturated carbocycles. The van der Waals surface area contributed by atoms with Crippen molar-refractivity contribution in [2.75, 3.05) is 18.9 Å². The van der Waals surface area contributed by atoms with Crippen LogP contribution in [0, 0.1) is 0 Å². The smallest absolute Gasteiger partial charge is 0.387 e. The van der Waals surface area contributed by atoms with E-state index in [0.29, 0.717) is 13.0 Å². The molecule has 1 saturated heterocycles. The normalized spacial score (nSPS) is 22.8. The van der Waals surface area contributed by atoms with E-state index in [-0.39, 0.29) is 30.3 Å². The first-order valence-electron chi connectivity index (χ1n) is 9.08. The SMILES string of the molecule is C.CC(=O)CCCN.Nc1nc2c(ncn2C2OC(COP(=O)(O)O)C(O)C2O)c(=O)[nH]1. The third-order valence-electron chi connectivity index (χ3n) is 4.20. The number of hydrogen-bond donors (Lipinski definition) is 7. The first kappa shape index (κ1) is 27.8. The van der Waals surface area contributed by atoms with Crippen molar-refractivity contribution in [1.82, 2.24) is 19.5 Å². The Bertz CT molecular complexity index is 1010. The van der Waals surface area contributed by atoms with Crippen molar-refractivity contribution in [3.05, 3.63) is 16.7 Å². The maximum absolute atomic E-state index is 11.7. The van der Waals surface area contributed by atoms with Gasteiger partial charge in [0, 0.05) is 6.42 Å². The fourth-order valence-electron chi connectivity index (χ4n) is 2.75. The van der Waals surface area contributed by atoms with Crippen molar-refractivity contribution in [2.24, 2.45) is 5.73 Å². The second-order valence-corrected chi connectivity index (χ2v) is 7.94. The molecule has 32 heavy (non-hydrogen) atoms. The minimum absolute atomic E-state index is 0. The molecule has 1 aliphatic heterocycles. The van der Waals surface area contributed by atoms with Gasteiger partial charge in [0.2, 0.25) is 5.95 Å². The summed E-state index contributed by atoms with van der Waals surface area (Å²) in [5.41, 5.74) is 9.97. The van der Waals surface area contributed by atoms with Crippen LogP contribution in [0.15, 0.2) is 11.1 Å². The van der Waals surface area contributed by atoms with Crippen LogP contribution < -0.4 is 17.0 Å². The first-order chi connectivity index (χ1) is 14.4. The molecule has 0 spiro atoms. The van der Waals surface area contributed by atoms with Gasteiger partial charge in [-0.3, -0.25) is 18.9 Å². The molecule has 2 aromatic heterocycles. The summed E-state index contributed by atoms with van der Waals surface area (Å²) in [6.07, 6.45) is -2.75. The molecule has 182 valence electrons. The highest BCUT2D eigenvalue weighted by Crippen LogP contribution is 2.38. The number of H-pyrrole nitrogens is 1. The zero-order chi connectivity index (χ0) is 23.3. The van der Waals surface area contributed by atoms with Gasteiger partial charge in [-0.1, -0.05) is 7.43 Å². The largest absolute Gasteiger partial charge is 0.469 e. The number of anilines is 1. The molecule has 0 aliphatic carbocycles. The van der Waals surface area contributed by atoms with Crippen LogP contribution in [0.5, 0.6) is 0 Å². The average molecular weight is 480 g/mol. The molecule has 1 fully saturated rings. The summed E-state index contributed by atoms with van der Waals surface area (Å²) >= 11 is 0. The molecule has 15 nitrogen and oxygen atoms in total. The predicted octanol–water partition coefficient (Wildman–Crippen LogP) is -1.62. The highest BCUT2D eigenvalue weighted by atomic mass is 31.2. The Hall–Kier alpha value is -2.23. The Morgan fingerprint density at radius 3 is 2.56 bits per heavy atom. The van der Waals surface area contributed by atoms with Gasteiger partial charge in [0.1, 0.15) is 24.1 Å². The van der Waals surface area contributed by atoms with Gasteiger partial charge in [0.05, 0.1) is 12.9 Å². The number of aliphatic hydroxyl groups is 2. The molecule has 16 heteroatoms. The highest BCUT2D eigenvalue weighted by Gasteiger charge is 2.45. The number of imidazole rings is 1.